The molecule has 2 aromatic rings. The number of nitrogens with one attached hydrogen (secondary N) is 2. The number of hydrogen-bond acceptors (Lipinski definition) is 4. The van der Waals surface area contributed by atoms with E-state index in [2.05, 4.69) is 15.7 Å². The molecule has 0 saturated carbocycles. The van der Waals surface area contributed by atoms with Crippen molar-refractivity contribution in [2.24, 2.45) is 0 Å². The van der Waals surface area contributed by atoms with Gasteiger partial charge in [-0.25, -0.2) is 0 Å². The molecule has 1 fully saturated rings. The lowest BCUT2D eigenvalue weighted by molar-refractivity contribution is 0.0287. The van der Waals surface area contributed by atoms with E-state index in [0.29, 0.717) is 25.2 Å². The predicted molar refractivity (Wildman–Crippen MR) is 94.2 cm³/mol. The molecule has 0 bridgehead atoms. The summed E-state index contributed by atoms with van der Waals surface area (Å²) < 4.78 is 1.71. The highest BCUT2D eigenvalue weighted by Crippen LogP contribution is 2.31. The van der Waals surface area contributed by atoms with Gasteiger partial charge in [0, 0.05) is 19.3 Å². The Kier molecular flexibility index (Phi) is 5.99. The number of benzene rings is 1. The second kappa shape index (κ2) is 7.79. The van der Waals surface area contributed by atoms with Gasteiger partial charge in [0.2, 0.25) is 0 Å². The maximum Gasteiger partial charge on any atom is 0.272 e. The highest BCUT2D eigenvalue weighted by Gasteiger charge is 2.43. The summed E-state index contributed by atoms with van der Waals surface area (Å²) in [5.41, 5.74) is 0.490. The van der Waals surface area contributed by atoms with Crippen LogP contribution in [0.4, 0.5) is 0 Å². The molecule has 1 aliphatic rings. The van der Waals surface area contributed by atoms with Crippen LogP contribution in [-0.4, -0.2) is 40.0 Å². The molecule has 2 heterocycles. The number of β-amino-alcohol motifs (C(OH)–C–C–N with tert-alkyl or cyclic N) is 1. The van der Waals surface area contributed by atoms with Crippen molar-refractivity contribution < 1.29 is 9.90 Å². The molecule has 1 aromatic heterocycles. The summed E-state index contributed by atoms with van der Waals surface area (Å²) in [6, 6.07) is 11.4. The molecule has 1 aliphatic heterocycles. The minimum absolute atomic E-state index is 0. The summed E-state index contributed by atoms with van der Waals surface area (Å²) in [5.74, 6) is -0.262. The Labute approximate surface area is 147 Å². The Bertz CT molecular complexity index is 676. The number of rotatable bonds is 4. The van der Waals surface area contributed by atoms with Crippen LogP contribution in [0.1, 0.15) is 29.4 Å². The van der Waals surface area contributed by atoms with Crippen molar-refractivity contribution in [1.82, 2.24) is 20.4 Å². The summed E-state index contributed by atoms with van der Waals surface area (Å²) in [4.78, 5) is 12.6. The van der Waals surface area contributed by atoms with Gasteiger partial charge in [0.1, 0.15) is 5.69 Å². The molecule has 6 nitrogen and oxygen atoms in total. The lowest BCUT2D eigenvalue weighted by Gasteiger charge is -2.42. The fraction of sp³-hybridized carbons (Fsp3) is 0.412. The van der Waals surface area contributed by atoms with E-state index in [4.69, 9.17) is 0 Å². The van der Waals surface area contributed by atoms with Crippen LogP contribution in [-0.2, 0) is 12.1 Å². The average molecular weight is 351 g/mol. The van der Waals surface area contributed by atoms with Gasteiger partial charge in [-0.2, -0.15) is 5.10 Å². The number of carbonyl (C=O) groups is 1. The molecule has 1 saturated heterocycles. The van der Waals surface area contributed by atoms with Crippen molar-refractivity contribution in [3.8, 4) is 0 Å². The first-order chi connectivity index (χ1) is 11.2. The largest absolute Gasteiger partial charge is 0.389 e. The van der Waals surface area contributed by atoms with Crippen LogP contribution in [0.15, 0.2) is 42.6 Å². The Balaban J connectivity index is 0.00000208. The first kappa shape index (κ1) is 18.4. The minimum Gasteiger partial charge on any atom is -0.389 e. The van der Waals surface area contributed by atoms with Crippen molar-refractivity contribution in [2.45, 2.75) is 31.5 Å². The van der Waals surface area contributed by atoms with Crippen molar-refractivity contribution in [3.63, 3.8) is 0 Å². The average Bonchev–Trinajstić information content (AvgIpc) is 3.07. The summed E-state index contributed by atoms with van der Waals surface area (Å²) in [6.45, 7) is 3.86. The molecular weight excluding hydrogens is 328 g/mol. The molecule has 24 heavy (non-hydrogen) atoms. The van der Waals surface area contributed by atoms with Gasteiger partial charge >= 0.3 is 0 Å². The molecule has 3 rings (SSSR count). The van der Waals surface area contributed by atoms with E-state index in [-0.39, 0.29) is 18.3 Å². The Hall–Kier alpha value is -1.89. The zero-order valence-electron chi connectivity index (χ0n) is 13.6. The second-order valence-corrected chi connectivity index (χ2v) is 5.82. The maximum absolute atomic E-state index is 12.6. The quantitative estimate of drug-likeness (QED) is 0.776. The van der Waals surface area contributed by atoms with E-state index in [1.54, 1.807) is 16.9 Å². The van der Waals surface area contributed by atoms with Crippen molar-refractivity contribution in [2.75, 3.05) is 13.1 Å². The van der Waals surface area contributed by atoms with Crippen LogP contribution in [0.2, 0.25) is 0 Å². The van der Waals surface area contributed by atoms with Gasteiger partial charge in [0.25, 0.3) is 5.91 Å². The molecule has 0 unspecified atom stereocenters. The van der Waals surface area contributed by atoms with Gasteiger partial charge in [-0.3, -0.25) is 9.48 Å². The number of hydrogen-bond donors (Lipinski definition) is 3. The zero-order chi connectivity index (χ0) is 16.3. The van der Waals surface area contributed by atoms with Gasteiger partial charge in [-0.15, -0.1) is 12.4 Å². The summed E-state index contributed by atoms with van der Waals surface area (Å²) >= 11 is 0. The maximum atomic E-state index is 12.6. The van der Waals surface area contributed by atoms with Crippen molar-refractivity contribution in [3.05, 3.63) is 53.9 Å². The Morgan fingerprint density at radius 3 is 2.79 bits per heavy atom. The molecule has 0 spiro atoms. The standard InChI is InChI=1S/C17H22N4O2.ClH/c1-2-21-11-8-14(20-21)16(23)19-17(9-10-18-12-15(17)22)13-6-4-3-5-7-13;/h3-8,11,15,18,22H,2,9-10,12H2,1H3,(H,19,23);1H/t15-,17+;/m1./s1. The predicted octanol–water partition coefficient (Wildman–Crippen LogP) is 1.30. The van der Waals surface area contributed by atoms with E-state index in [1.807, 2.05) is 37.3 Å². The number of amides is 1. The minimum atomic E-state index is -0.792. The van der Waals surface area contributed by atoms with E-state index >= 15 is 0 Å². The number of piperidine rings is 1. The first-order valence-corrected chi connectivity index (χ1v) is 7.96. The lowest BCUT2D eigenvalue weighted by Crippen LogP contribution is -2.61. The van der Waals surface area contributed by atoms with Gasteiger partial charge in [-0.1, -0.05) is 30.3 Å². The third-order valence-electron chi connectivity index (χ3n) is 4.43. The molecule has 7 heteroatoms. The molecule has 1 aromatic carbocycles. The molecule has 2 atom stereocenters. The molecule has 0 radical (unpaired) electrons. The van der Waals surface area contributed by atoms with Crippen LogP contribution in [0.25, 0.3) is 0 Å². The number of aliphatic hydroxyl groups is 1. The summed E-state index contributed by atoms with van der Waals surface area (Å²) in [5, 5.41) is 21.1. The van der Waals surface area contributed by atoms with E-state index in [9.17, 15) is 9.90 Å². The number of carbonyl (C=O) groups excluding carboxylic acids is 1. The van der Waals surface area contributed by atoms with Crippen LogP contribution in [0.3, 0.4) is 0 Å². The highest BCUT2D eigenvalue weighted by atomic mass is 35.5. The number of aryl methyl sites for hydroxylation is 1. The monoisotopic (exact) mass is 350 g/mol. The molecule has 0 aliphatic carbocycles. The molecule has 1 amide bonds. The molecule has 130 valence electrons. The topological polar surface area (TPSA) is 79.2 Å². The van der Waals surface area contributed by atoms with Gasteiger partial charge < -0.3 is 15.7 Å². The third-order valence-corrected chi connectivity index (χ3v) is 4.43. The van der Waals surface area contributed by atoms with Crippen LogP contribution in [0, 0.1) is 0 Å². The highest BCUT2D eigenvalue weighted by molar-refractivity contribution is 5.92. The first-order valence-electron chi connectivity index (χ1n) is 7.96. The zero-order valence-corrected chi connectivity index (χ0v) is 14.4. The number of aromatic nitrogens is 2. The summed E-state index contributed by atoms with van der Waals surface area (Å²) in [6.07, 6.45) is 1.71. The van der Waals surface area contributed by atoms with E-state index < -0.39 is 11.6 Å². The van der Waals surface area contributed by atoms with Crippen LogP contribution >= 0.6 is 12.4 Å². The van der Waals surface area contributed by atoms with E-state index in [0.717, 1.165) is 12.1 Å². The third kappa shape index (κ3) is 3.45. The van der Waals surface area contributed by atoms with Crippen LogP contribution in [0.5, 0.6) is 0 Å². The van der Waals surface area contributed by atoms with Crippen molar-refractivity contribution >= 4 is 18.3 Å². The SMILES string of the molecule is CCn1ccc(C(=O)N[C@]2(c3ccccc3)CCNC[C@H]2O)n1.Cl. The number of aliphatic hydroxyl groups excluding tert-OH is 1. The van der Waals surface area contributed by atoms with Gasteiger partial charge in [0.15, 0.2) is 0 Å². The summed E-state index contributed by atoms with van der Waals surface area (Å²) in [7, 11) is 0. The Morgan fingerprint density at radius 1 is 1.42 bits per heavy atom. The second-order valence-electron chi connectivity index (χ2n) is 5.82. The van der Waals surface area contributed by atoms with Crippen LogP contribution < -0.4 is 10.6 Å². The molecular formula is C17H23ClN4O2. The van der Waals surface area contributed by atoms with E-state index in [1.165, 1.54) is 0 Å². The smallest absolute Gasteiger partial charge is 0.272 e. The lowest BCUT2D eigenvalue weighted by atomic mass is 9.79. The van der Waals surface area contributed by atoms with Gasteiger partial charge in [-0.05, 0) is 31.5 Å². The molecule has 3 N–H and O–H groups in total. The normalized spacial score (nSPS) is 23.3. The Morgan fingerprint density at radius 2 is 2.17 bits per heavy atom. The fourth-order valence-corrected chi connectivity index (χ4v) is 3.08. The fourth-order valence-electron chi connectivity index (χ4n) is 3.08. The van der Waals surface area contributed by atoms with Crippen molar-refractivity contribution in [1.29, 1.82) is 0 Å². The number of halogens is 1. The van der Waals surface area contributed by atoms with Gasteiger partial charge in [0.05, 0.1) is 11.6 Å². The number of nitrogens with zero attached hydrogens (tertiary/aromatic N) is 2.